The van der Waals surface area contributed by atoms with Crippen LogP contribution in [-0.4, -0.2) is 18.4 Å². The maximum absolute atomic E-state index is 11.9. The molecule has 2 rings (SSSR count). The number of carbonyl (C=O) groups is 2. The Morgan fingerprint density at radius 3 is 2.70 bits per heavy atom. The van der Waals surface area contributed by atoms with Gasteiger partial charge in [-0.3, -0.25) is 9.59 Å². The molecule has 0 saturated heterocycles. The smallest absolute Gasteiger partial charge is 0.238 e. The second-order valence-electron chi connectivity index (χ2n) is 5.74. The van der Waals surface area contributed by atoms with Crippen molar-refractivity contribution in [3.05, 3.63) is 59.1 Å². The van der Waals surface area contributed by atoms with Gasteiger partial charge in [-0.1, -0.05) is 35.9 Å². The Balaban J connectivity index is 1.70. The fourth-order valence-corrected chi connectivity index (χ4v) is 2.49. The Bertz CT molecular complexity index is 833. The normalized spacial score (nSPS) is 9.93. The Morgan fingerprint density at radius 1 is 1.11 bits per heavy atom. The topological polar surface area (TPSA) is 91.2 Å². The van der Waals surface area contributed by atoms with Crippen LogP contribution in [0.4, 0.5) is 5.69 Å². The van der Waals surface area contributed by atoms with Gasteiger partial charge in [-0.2, -0.15) is 5.26 Å². The molecular weight excluding hydrogens is 366 g/mol. The number of rotatable bonds is 9. The third-order valence-electron chi connectivity index (χ3n) is 3.58. The first-order valence-corrected chi connectivity index (χ1v) is 8.86. The molecule has 0 heterocycles. The van der Waals surface area contributed by atoms with Gasteiger partial charge in [0.05, 0.1) is 17.7 Å². The number of para-hydroxylation sites is 1. The van der Waals surface area contributed by atoms with Gasteiger partial charge in [-0.15, -0.1) is 0 Å². The molecule has 2 aromatic carbocycles. The van der Waals surface area contributed by atoms with Gasteiger partial charge in [-0.05, 0) is 36.2 Å². The van der Waals surface area contributed by atoms with Crippen LogP contribution in [0, 0.1) is 11.3 Å². The summed E-state index contributed by atoms with van der Waals surface area (Å²) in [6, 6.07) is 16.1. The van der Waals surface area contributed by atoms with E-state index in [-0.39, 0.29) is 18.2 Å². The van der Waals surface area contributed by atoms with Crippen molar-refractivity contribution in [3.8, 4) is 11.8 Å². The van der Waals surface area contributed by atoms with Crippen LogP contribution in [0.5, 0.6) is 5.75 Å². The standard InChI is InChI=1S/C20H20ClN3O3/c21-17-7-1-2-8-18(17)27-12-4-9-19(25)23-14-15-5-3-6-16(13-15)24-20(26)10-11-22/h1-3,5-8,13H,4,9-10,12,14H2,(H,23,25)(H,24,26). The van der Waals surface area contributed by atoms with Gasteiger partial charge < -0.3 is 15.4 Å². The first-order valence-electron chi connectivity index (χ1n) is 8.48. The fourth-order valence-electron chi connectivity index (χ4n) is 2.30. The molecule has 0 aliphatic carbocycles. The van der Waals surface area contributed by atoms with E-state index in [4.69, 9.17) is 21.6 Å². The van der Waals surface area contributed by atoms with Crippen LogP contribution < -0.4 is 15.4 Å². The van der Waals surface area contributed by atoms with Crippen LogP contribution >= 0.6 is 11.6 Å². The second-order valence-corrected chi connectivity index (χ2v) is 6.15. The maximum Gasteiger partial charge on any atom is 0.238 e. The van der Waals surface area contributed by atoms with Crippen molar-refractivity contribution in [1.82, 2.24) is 5.32 Å². The molecule has 2 N–H and O–H groups in total. The van der Waals surface area contributed by atoms with Crippen LogP contribution in [0.25, 0.3) is 0 Å². The van der Waals surface area contributed by atoms with Crippen molar-refractivity contribution in [2.45, 2.75) is 25.8 Å². The van der Waals surface area contributed by atoms with Crippen LogP contribution in [0.15, 0.2) is 48.5 Å². The van der Waals surface area contributed by atoms with E-state index in [0.29, 0.717) is 42.5 Å². The third-order valence-corrected chi connectivity index (χ3v) is 3.89. The van der Waals surface area contributed by atoms with Gasteiger partial charge >= 0.3 is 0 Å². The highest BCUT2D eigenvalue weighted by Gasteiger charge is 2.05. The van der Waals surface area contributed by atoms with Crippen LogP contribution in [-0.2, 0) is 16.1 Å². The minimum Gasteiger partial charge on any atom is -0.492 e. The molecule has 0 aliphatic heterocycles. The van der Waals surface area contributed by atoms with E-state index < -0.39 is 0 Å². The van der Waals surface area contributed by atoms with Gasteiger partial charge in [0.25, 0.3) is 0 Å². The molecule has 0 aromatic heterocycles. The van der Waals surface area contributed by atoms with E-state index in [9.17, 15) is 9.59 Å². The first kappa shape index (κ1) is 20.3. The van der Waals surface area contributed by atoms with E-state index in [0.717, 1.165) is 5.56 Å². The lowest BCUT2D eigenvalue weighted by atomic mass is 10.2. The van der Waals surface area contributed by atoms with Crippen molar-refractivity contribution in [3.63, 3.8) is 0 Å². The summed E-state index contributed by atoms with van der Waals surface area (Å²) in [5.74, 6) is 0.156. The lowest BCUT2D eigenvalue weighted by Crippen LogP contribution is -2.23. The molecular formula is C20H20ClN3O3. The van der Waals surface area contributed by atoms with Crippen molar-refractivity contribution in [2.24, 2.45) is 0 Å². The molecule has 140 valence electrons. The molecule has 0 bridgehead atoms. The lowest BCUT2D eigenvalue weighted by Gasteiger charge is -2.09. The summed E-state index contributed by atoms with van der Waals surface area (Å²) >= 11 is 6.00. The predicted octanol–water partition coefficient (Wildman–Crippen LogP) is 3.67. The molecule has 0 fully saturated rings. The fraction of sp³-hybridized carbons (Fsp3) is 0.250. The summed E-state index contributed by atoms with van der Waals surface area (Å²) in [5, 5.41) is 14.5. The number of hydrogen-bond donors (Lipinski definition) is 2. The Labute approximate surface area is 163 Å². The summed E-state index contributed by atoms with van der Waals surface area (Å²) in [6.45, 7) is 0.754. The van der Waals surface area contributed by atoms with Crippen LogP contribution in [0.2, 0.25) is 5.02 Å². The number of halogens is 1. The Morgan fingerprint density at radius 2 is 1.93 bits per heavy atom. The Kier molecular flexibility index (Phi) is 8.14. The minimum absolute atomic E-state index is 0.0864. The second kappa shape index (κ2) is 10.8. The molecule has 27 heavy (non-hydrogen) atoms. The highest BCUT2D eigenvalue weighted by Crippen LogP contribution is 2.23. The average molecular weight is 386 g/mol. The van der Waals surface area contributed by atoms with Gasteiger partial charge in [0.2, 0.25) is 11.8 Å². The van der Waals surface area contributed by atoms with Crippen molar-refractivity contribution < 1.29 is 14.3 Å². The van der Waals surface area contributed by atoms with Crippen LogP contribution in [0.3, 0.4) is 0 Å². The summed E-state index contributed by atoms with van der Waals surface area (Å²) in [5.41, 5.74) is 1.44. The summed E-state index contributed by atoms with van der Waals surface area (Å²) in [6.07, 6.45) is 0.710. The first-order chi connectivity index (χ1) is 13.1. The zero-order chi connectivity index (χ0) is 19.5. The SMILES string of the molecule is N#CCC(=O)Nc1cccc(CNC(=O)CCCOc2ccccc2Cl)c1. The highest BCUT2D eigenvalue weighted by molar-refractivity contribution is 6.32. The number of carbonyl (C=O) groups excluding carboxylic acids is 2. The van der Waals surface area contributed by atoms with E-state index in [2.05, 4.69) is 10.6 Å². The van der Waals surface area contributed by atoms with E-state index in [1.807, 2.05) is 18.2 Å². The number of nitriles is 1. The van der Waals surface area contributed by atoms with Gasteiger partial charge in [0.1, 0.15) is 12.2 Å². The largest absolute Gasteiger partial charge is 0.492 e. The number of amides is 2. The van der Waals surface area contributed by atoms with Crippen molar-refractivity contribution in [1.29, 1.82) is 5.26 Å². The van der Waals surface area contributed by atoms with Crippen molar-refractivity contribution >= 4 is 29.1 Å². The van der Waals surface area contributed by atoms with Gasteiger partial charge in [0, 0.05) is 18.7 Å². The highest BCUT2D eigenvalue weighted by atomic mass is 35.5. The zero-order valence-corrected chi connectivity index (χ0v) is 15.5. The predicted molar refractivity (Wildman–Crippen MR) is 103 cm³/mol. The molecule has 0 radical (unpaired) electrons. The molecule has 2 amide bonds. The number of ether oxygens (including phenoxy) is 1. The molecule has 7 heteroatoms. The average Bonchev–Trinajstić information content (AvgIpc) is 2.65. The molecule has 0 unspecified atom stereocenters. The number of nitrogens with zero attached hydrogens (tertiary/aromatic N) is 1. The molecule has 6 nitrogen and oxygen atoms in total. The van der Waals surface area contributed by atoms with E-state index >= 15 is 0 Å². The van der Waals surface area contributed by atoms with E-state index in [1.54, 1.807) is 36.4 Å². The monoisotopic (exact) mass is 385 g/mol. The van der Waals surface area contributed by atoms with Gasteiger partial charge in [0.15, 0.2) is 0 Å². The summed E-state index contributed by atoms with van der Waals surface area (Å²) in [4.78, 5) is 23.4. The van der Waals surface area contributed by atoms with Crippen molar-refractivity contribution in [2.75, 3.05) is 11.9 Å². The maximum atomic E-state index is 11.9. The minimum atomic E-state index is -0.364. The number of hydrogen-bond acceptors (Lipinski definition) is 4. The molecule has 0 spiro atoms. The molecule has 0 saturated carbocycles. The molecule has 0 aliphatic rings. The summed E-state index contributed by atoms with van der Waals surface area (Å²) in [7, 11) is 0. The molecule has 2 aromatic rings. The zero-order valence-electron chi connectivity index (χ0n) is 14.7. The van der Waals surface area contributed by atoms with Gasteiger partial charge in [-0.25, -0.2) is 0 Å². The summed E-state index contributed by atoms with van der Waals surface area (Å²) < 4.78 is 5.55. The third kappa shape index (κ3) is 7.38. The lowest BCUT2D eigenvalue weighted by molar-refractivity contribution is -0.121. The number of anilines is 1. The van der Waals surface area contributed by atoms with Crippen LogP contribution in [0.1, 0.15) is 24.8 Å². The Hall–Kier alpha value is -3.04. The quantitative estimate of drug-likeness (QED) is 0.644. The van der Waals surface area contributed by atoms with E-state index in [1.165, 1.54) is 0 Å². The number of benzene rings is 2. The number of nitrogens with one attached hydrogen (secondary N) is 2. The molecule has 0 atom stereocenters.